The van der Waals surface area contributed by atoms with Crippen molar-refractivity contribution in [3.05, 3.63) is 285 Å². The number of carbonyl (C=O) groups is 3. The fraction of sp³-hybridized carbons (Fsp3) is 0.346. The molecule has 111 heavy (non-hydrogen) atoms. The van der Waals surface area contributed by atoms with E-state index >= 15 is 0 Å². The SMILES string of the molecule is CC(C)CCc1ccccc1[N+](=O)[O-].CC1NCc2cc(Br)ccc2CC1=O.CC1NCc2ccccc2CC1=O.COc1cc(Br)ccc1[N+](=O)[O-].COc1cc(C)ccc1[N+](=O)[O-].COc1ccccc1[N+](=O)[O-].Cc1ccc([N+](=O)[O-])c(CCC(C)C)c1.Cc1ccc2c(c1)CNC(C)C(=O)C2.O=C=O.O=C=O. The molecule has 0 spiro atoms. The van der Waals surface area contributed by atoms with Crippen LogP contribution in [0.5, 0.6) is 17.2 Å². The van der Waals surface area contributed by atoms with Crippen LogP contribution in [0.1, 0.15) is 123 Å². The number of aryl methyl sites for hydroxylation is 5. The van der Waals surface area contributed by atoms with Gasteiger partial charge in [-0.25, -0.2) is 0 Å². The minimum absolute atomic E-state index is 0.00287. The third-order valence-electron chi connectivity index (χ3n) is 16.7. The summed E-state index contributed by atoms with van der Waals surface area (Å²) < 4.78 is 16.3. The fourth-order valence-electron chi connectivity index (χ4n) is 10.5. The average Bonchev–Trinajstić information content (AvgIpc) is 1.85. The van der Waals surface area contributed by atoms with Gasteiger partial charge in [0.05, 0.1) is 64.1 Å². The number of benzene rings is 8. The van der Waals surface area contributed by atoms with Gasteiger partial charge in [-0.2, -0.15) is 19.2 Å². The van der Waals surface area contributed by atoms with Gasteiger partial charge in [-0.15, -0.1) is 0 Å². The first-order chi connectivity index (χ1) is 52.6. The van der Waals surface area contributed by atoms with Gasteiger partial charge in [-0.3, -0.25) is 65.0 Å². The lowest BCUT2D eigenvalue weighted by Gasteiger charge is -2.06. The maximum atomic E-state index is 11.6. The van der Waals surface area contributed by atoms with Crippen LogP contribution in [0, 0.1) is 83.2 Å². The van der Waals surface area contributed by atoms with E-state index in [0.29, 0.717) is 36.8 Å². The Morgan fingerprint density at radius 1 is 0.387 bits per heavy atom. The molecule has 0 aliphatic carbocycles. The highest BCUT2D eigenvalue weighted by atomic mass is 79.9. The molecule has 592 valence electrons. The summed E-state index contributed by atoms with van der Waals surface area (Å²) in [5, 5.41) is 62.2. The van der Waals surface area contributed by atoms with Crippen LogP contribution >= 0.6 is 31.9 Å². The fourth-order valence-corrected chi connectivity index (χ4v) is 11.2. The van der Waals surface area contributed by atoms with E-state index in [2.05, 4.69) is 113 Å². The van der Waals surface area contributed by atoms with E-state index in [9.17, 15) is 65.0 Å². The average molecular weight is 1660 g/mol. The van der Waals surface area contributed by atoms with Crippen molar-refractivity contribution in [3.8, 4) is 17.2 Å². The molecule has 28 nitrogen and oxygen atoms in total. The molecular weight excluding hydrogens is 1560 g/mol. The molecule has 3 heterocycles. The van der Waals surface area contributed by atoms with Gasteiger partial charge in [0.25, 0.3) is 11.4 Å². The highest BCUT2D eigenvalue weighted by molar-refractivity contribution is 9.10. The first-order valence-electron chi connectivity index (χ1n) is 34.8. The van der Waals surface area contributed by atoms with Crippen molar-refractivity contribution >= 4 is 89.9 Å². The number of nitrogens with zero attached hydrogens (tertiary/aromatic N) is 5. The number of rotatable bonds is 14. The van der Waals surface area contributed by atoms with Crippen molar-refractivity contribution in [2.45, 2.75) is 152 Å². The number of nitrogens with one attached hydrogen (secondary N) is 3. The number of ether oxygens (including phenoxy) is 3. The Balaban J connectivity index is 0.000000426. The largest absolute Gasteiger partial charge is 0.490 e. The number of ketones is 3. The lowest BCUT2D eigenvalue weighted by atomic mass is 10.00. The van der Waals surface area contributed by atoms with Crippen LogP contribution in [-0.2, 0) is 85.3 Å². The Morgan fingerprint density at radius 3 is 1.16 bits per heavy atom. The number of nitro benzene ring substituents is 5. The van der Waals surface area contributed by atoms with Gasteiger partial charge in [0, 0.05) is 95.4 Å². The molecule has 3 aliphatic heterocycles. The first-order valence-corrected chi connectivity index (χ1v) is 36.4. The van der Waals surface area contributed by atoms with E-state index in [1.165, 1.54) is 72.9 Å². The number of hydrogen-bond acceptors (Lipinski definition) is 23. The smallest absolute Gasteiger partial charge is 0.373 e. The Hall–Kier alpha value is -11.2. The van der Waals surface area contributed by atoms with Crippen LogP contribution < -0.4 is 30.2 Å². The minimum atomic E-state index is -0.481. The maximum Gasteiger partial charge on any atom is 0.373 e. The Morgan fingerprint density at radius 2 is 0.703 bits per heavy atom. The number of Topliss-reactive ketones (excluding diaryl/α,β-unsaturated/α-hetero) is 3. The summed E-state index contributed by atoms with van der Waals surface area (Å²) in [6.07, 6.45) is 5.75. The highest BCUT2D eigenvalue weighted by Crippen LogP contribution is 2.31. The molecule has 8 aromatic carbocycles. The van der Waals surface area contributed by atoms with Crippen molar-refractivity contribution in [1.29, 1.82) is 0 Å². The van der Waals surface area contributed by atoms with Crippen molar-refractivity contribution in [2.24, 2.45) is 11.8 Å². The summed E-state index contributed by atoms with van der Waals surface area (Å²) >= 11 is 6.62. The molecule has 0 saturated heterocycles. The van der Waals surface area contributed by atoms with E-state index in [1.807, 2.05) is 83.1 Å². The number of halogens is 2. The van der Waals surface area contributed by atoms with Crippen LogP contribution in [0.3, 0.4) is 0 Å². The number of carbonyl (C=O) groups excluding carboxylic acids is 7. The molecular formula is C81H94Br2N8O20. The van der Waals surface area contributed by atoms with Crippen LogP contribution in [0.25, 0.3) is 0 Å². The number of para-hydroxylation sites is 3. The lowest BCUT2D eigenvalue weighted by molar-refractivity contribution is -0.385. The van der Waals surface area contributed by atoms with E-state index in [1.54, 1.807) is 66.7 Å². The molecule has 8 aromatic rings. The summed E-state index contributed by atoms with van der Waals surface area (Å²) in [4.78, 5) is 118. The standard InChI is InChI=1S/C12H17NO2.C12H15NO.C11H12BrNO.C11H15NO2.C11H13NO.C8H9NO3.C7H6BrNO3.C7H7NO3.2CO2/c1-9(2)4-6-11-8-10(3)5-7-12(11)13(14)15;1-8-3-4-10-6-12(14)9(2)13-7-11(10)5-8;1-7-11(14)5-8-2-3-10(12)4-9(8)6-13-7;1-9(2)7-8-10-5-3-4-6-11(10)12(13)14;1-8-11(13)6-9-4-2-3-5-10(9)7-12-8;1-6-3-4-7(9(10)11)8(5-6)12-2;1-12-7-4-5(8)2-3-6(7)9(10)11;1-11-7-5-3-2-4-6(7)8(9)10;2*2-1-3/h5,7-9H,4,6H2,1-3H3;3-5,9,13H,6-7H2,1-2H3;2-4,7,13H,5-6H2,1H3;3-6,9H,7-8H2,1-2H3;2-5,8,12H,6-7H2,1H3;3-5H,1-2H3;2-4H,1H3;2-5H,1H3;;. The van der Waals surface area contributed by atoms with Gasteiger partial charge in [-0.1, -0.05) is 162 Å². The summed E-state index contributed by atoms with van der Waals surface area (Å²) in [6.45, 7) is 22.6. The van der Waals surface area contributed by atoms with Crippen molar-refractivity contribution in [1.82, 2.24) is 16.0 Å². The Kier molecular flexibility index (Phi) is 44.2. The van der Waals surface area contributed by atoms with Gasteiger partial charge in [0.2, 0.25) is 0 Å². The predicted molar refractivity (Wildman–Crippen MR) is 425 cm³/mol. The second-order valence-electron chi connectivity index (χ2n) is 25.9. The molecule has 0 aromatic heterocycles. The quantitative estimate of drug-likeness (QED) is 0.0672. The maximum absolute atomic E-state index is 11.6. The minimum Gasteiger partial charge on any atom is -0.490 e. The molecule has 3 unspecified atom stereocenters. The highest BCUT2D eigenvalue weighted by Gasteiger charge is 2.23. The number of nitro groups is 5. The van der Waals surface area contributed by atoms with E-state index < -0.39 is 14.8 Å². The molecule has 11 rings (SSSR count). The summed E-state index contributed by atoms with van der Waals surface area (Å²) in [6, 6.07) is 48.3. The molecule has 3 atom stereocenters. The number of fused-ring (bicyclic) bond motifs is 3. The van der Waals surface area contributed by atoms with E-state index in [-0.39, 0.29) is 97.6 Å². The van der Waals surface area contributed by atoms with Crippen molar-refractivity contribution < 1.29 is 72.4 Å². The first kappa shape index (κ1) is 95.8. The van der Waals surface area contributed by atoms with E-state index in [0.717, 1.165) is 82.1 Å². The summed E-state index contributed by atoms with van der Waals surface area (Å²) in [5.41, 5.74) is 12.7. The molecule has 0 radical (unpaired) electrons. The predicted octanol–water partition coefficient (Wildman–Crippen LogP) is 16.3. The zero-order valence-corrected chi connectivity index (χ0v) is 67.4. The Labute approximate surface area is 661 Å². The van der Waals surface area contributed by atoms with Gasteiger partial charge in [-0.05, 0) is 154 Å². The molecule has 0 amide bonds. The van der Waals surface area contributed by atoms with Gasteiger partial charge in [0.1, 0.15) is 0 Å². The molecule has 0 saturated carbocycles. The van der Waals surface area contributed by atoms with Gasteiger partial charge in [0.15, 0.2) is 34.6 Å². The van der Waals surface area contributed by atoms with Crippen molar-refractivity contribution in [3.63, 3.8) is 0 Å². The van der Waals surface area contributed by atoms with Crippen molar-refractivity contribution in [2.75, 3.05) is 21.3 Å². The number of hydrogen-bond donors (Lipinski definition) is 3. The van der Waals surface area contributed by atoms with Crippen LogP contribution in [0.15, 0.2) is 173 Å². The second kappa shape index (κ2) is 51.2. The third kappa shape index (κ3) is 35.3. The van der Waals surface area contributed by atoms with Crippen LogP contribution in [-0.4, -0.2) is 93.7 Å². The summed E-state index contributed by atoms with van der Waals surface area (Å²) in [7, 11) is 4.22. The molecule has 0 bridgehead atoms. The zero-order chi connectivity index (χ0) is 83.4. The van der Waals surface area contributed by atoms with Crippen LogP contribution in [0.4, 0.5) is 28.4 Å². The third-order valence-corrected chi connectivity index (χ3v) is 17.7. The summed E-state index contributed by atoms with van der Waals surface area (Å²) in [5.74, 6) is 2.84. The monoisotopic (exact) mass is 1660 g/mol. The van der Waals surface area contributed by atoms with Gasteiger partial charge >= 0.3 is 29.4 Å². The molecule has 0 fully saturated rings. The Bertz CT molecular complexity index is 4340. The molecule has 3 N–H and O–H groups in total. The topological polar surface area (TPSA) is 399 Å². The van der Waals surface area contributed by atoms with Gasteiger partial charge < -0.3 is 30.2 Å². The lowest BCUT2D eigenvalue weighted by Crippen LogP contribution is -2.31. The normalized spacial score (nSPS) is 13.9. The second-order valence-corrected chi connectivity index (χ2v) is 27.8. The van der Waals surface area contributed by atoms with Crippen LogP contribution in [0.2, 0.25) is 0 Å². The van der Waals surface area contributed by atoms with E-state index in [4.69, 9.17) is 33.4 Å². The molecule has 3 aliphatic rings. The molecule has 30 heteroatoms. The number of methoxy groups -OCH3 is 3. The zero-order valence-electron chi connectivity index (χ0n) is 64.2.